The van der Waals surface area contributed by atoms with Crippen molar-refractivity contribution in [1.29, 1.82) is 0 Å². The van der Waals surface area contributed by atoms with E-state index in [0.717, 1.165) is 30.8 Å². The molecule has 0 aromatic heterocycles. The Morgan fingerprint density at radius 1 is 1.21 bits per heavy atom. The summed E-state index contributed by atoms with van der Waals surface area (Å²) < 4.78 is 5.73. The summed E-state index contributed by atoms with van der Waals surface area (Å²) in [6.07, 6.45) is 13.3. The molecule has 0 spiro atoms. The van der Waals surface area contributed by atoms with Crippen molar-refractivity contribution in [3.05, 3.63) is 23.8 Å². The van der Waals surface area contributed by atoms with Gasteiger partial charge in [-0.15, -0.1) is 0 Å². The molecule has 3 nitrogen and oxygen atoms in total. The Kier molecular flexibility index (Phi) is 7.02. The third-order valence-electron chi connectivity index (χ3n) is 11.5. The second-order valence-corrected chi connectivity index (χ2v) is 13.0. The van der Waals surface area contributed by atoms with Gasteiger partial charge in [0.05, 0.1) is 17.8 Å². The van der Waals surface area contributed by atoms with E-state index >= 15 is 0 Å². The summed E-state index contributed by atoms with van der Waals surface area (Å²) in [5, 5.41) is 23.1. The predicted molar refractivity (Wildman–Crippen MR) is 136 cm³/mol. The van der Waals surface area contributed by atoms with Crippen molar-refractivity contribution < 1.29 is 14.9 Å². The molecule has 4 rings (SSSR count). The molecule has 4 aliphatic rings. The lowest BCUT2D eigenvalue weighted by molar-refractivity contribution is -0.153. The Bertz CT molecular complexity index is 769. The molecule has 188 valence electrons. The highest BCUT2D eigenvalue weighted by Crippen LogP contribution is 2.67. The highest BCUT2D eigenvalue weighted by atomic mass is 16.5. The van der Waals surface area contributed by atoms with E-state index in [1.54, 1.807) is 5.57 Å². The van der Waals surface area contributed by atoms with Crippen LogP contribution in [0.1, 0.15) is 98.8 Å². The lowest BCUT2D eigenvalue weighted by Gasteiger charge is -2.59. The molecule has 33 heavy (non-hydrogen) atoms. The number of hydrogen-bond acceptors (Lipinski definition) is 3. The second kappa shape index (κ2) is 9.10. The Morgan fingerprint density at radius 3 is 2.58 bits per heavy atom. The largest absolute Gasteiger partial charge is 0.390 e. The van der Waals surface area contributed by atoms with Crippen LogP contribution in [0.3, 0.4) is 0 Å². The zero-order valence-electron chi connectivity index (χ0n) is 22.2. The molecule has 0 bridgehead atoms. The first-order valence-corrected chi connectivity index (χ1v) is 13.8. The lowest BCUT2D eigenvalue weighted by atomic mass is 9.46. The fourth-order valence-electron chi connectivity index (χ4n) is 9.25. The maximum atomic E-state index is 11.8. The Hall–Kier alpha value is -0.640. The Balaban J connectivity index is 1.55. The summed E-state index contributed by atoms with van der Waals surface area (Å²) in [6.45, 7) is 15.3. The maximum absolute atomic E-state index is 11.8. The highest BCUT2D eigenvalue weighted by Gasteiger charge is 2.62. The Labute approximate surface area is 203 Å². The first-order chi connectivity index (χ1) is 15.5. The molecule has 0 aromatic carbocycles. The predicted octanol–water partition coefficient (Wildman–Crippen LogP) is 6.68. The van der Waals surface area contributed by atoms with Crippen molar-refractivity contribution in [2.45, 2.75) is 117 Å². The number of hydrogen-bond donors (Lipinski definition) is 2. The van der Waals surface area contributed by atoms with Crippen LogP contribution in [0, 0.1) is 40.4 Å². The van der Waals surface area contributed by atoms with Crippen molar-refractivity contribution >= 4 is 0 Å². The van der Waals surface area contributed by atoms with Gasteiger partial charge < -0.3 is 14.9 Å². The summed E-state index contributed by atoms with van der Waals surface area (Å²) >= 11 is 0. The van der Waals surface area contributed by atoms with Crippen LogP contribution in [0.5, 0.6) is 0 Å². The molecule has 3 heteroatoms. The minimum Gasteiger partial charge on any atom is -0.390 e. The number of methoxy groups -OCH3 is 1. The molecule has 0 heterocycles. The van der Waals surface area contributed by atoms with E-state index in [-0.39, 0.29) is 17.3 Å². The topological polar surface area (TPSA) is 49.7 Å². The fraction of sp³-hybridized carbons (Fsp3) is 0.867. The molecule has 3 fully saturated rings. The number of ether oxygens (including phenoxy) is 1. The van der Waals surface area contributed by atoms with Crippen LogP contribution in [0.4, 0.5) is 0 Å². The molecule has 0 radical (unpaired) electrons. The average Bonchev–Trinajstić information content (AvgIpc) is 3.14. The smallest absolute Gasteiger partial charge is 0.0910 e. The first kappa shape index (κ1) is 25.5. The number of rotatable bonds is 7. The van der Waals surface area contributed by atoms with Crippen LogP contribution in [0.2, 0.25) is 0 Å². The van der Waals surface area contributed by atoms with Crippen LogP contribution in [0.15, 0.2) is 23.8 Å². The van der Waals surface area contributed by atoms with Crippen molar-refractivity contribution in [3.8, 4) is 0 Å². The zero-order chi connectivity index (χ0) is 24.2. The summed E-state index contributed by atoms with van der Waals surface area (Å²) in [5.41, 5.74) is 2.17. The third-order valence-corrected chi connectivity index (χ3v) is 11.5. The van der Waals surface area contributed by atoms with Gasteiger partial charge in [0.25, 0.3) is 0 Å². The van der Waals surface area contributed by atoms with Gasteiger partial charge >= 0.3 is 0 Å². The monoisotopic (exact) mass is 458 g/mol. The van der Waals surface area contributed by atoms with Crippen molar-refractivity contribution in [2.24, 2.45) is 40.4 Å². The van der Waals surface area contributed by atoms with Crippen molar-refractivity contribution in [3.63, 3.8) is 0 Å². The molecule has 0 unspecified atom stereocenters. The molecule has 3 saturated carbocycles. The van der Waals surface area contributed by atoms with Crippen molar-refractivity contribution in [2.75, 3.05) is 7.11 Å². The van der Waals surface area contributed by atoms with E-state index in [1.165, 1.54) is 38.5 Å². The van der Waals surface area contributed by atoms with E-state index in [4.69, 9.17) is 4.74 Å². The van der Waals surface area contributed by atoms with Gasteiger partial charge in [0.2, 0.25) is 0 Å². The van der Waals surface area contributed by atoms with Crippen LogP contribution in [-0.2, 0) is 4.74 Å². The van der Waals surface area contributed by atoms with Gasteiger partial charge in [-0.05, 0) is 118 Å². The average molecular weight is 459 g/mol. The quantitative estimate of drug-likeness (QED) is 0.418. The second-order valence-electron chi connectivity index (χ2n) is 13.0. The standard InChI is InChI=1S/C30H50O3/c1-8-20(19(2)3)17-27(31)30(6,32)26-12-11-24-23-10-9-21-18-22(33-7)13-15-28(21,4)25(23)14-16-29(24,26)5/h9,20,22-27,31-32H,2,8,10-18H2,1,3-7H3/t20-,22-,23-,24-,25-,26-,27+,28-,29-,30+/m0/s1. The van der Waals surface area contributed by atoms with Gasteiger partial charge in [0.1, 0.15) is 0 Å². The number of aliphatic hydroxyl groups excluding tert-OH is 1. The molecule has 4 aliphatic carbocycles. The molecule has 0 amide bonds. The SMILES string of the molecule is C=C(C)[C@@H](CC)C[C@@H](O)[C@](C)(O)[C@H]1CC[C@H]2[C@@H]3CC=C4C[C@@H](OC)CC[C@]4(C)[C@H]3CC[C@]12C. The van der Waals surface area contributed by atoms with Crippen molar-refractivity contribution in [1.82, 2.24) is 0 Å². The van der Waals surface area contributed by atoms with Crippen LogP contribution in [-0.4, -0.2) is 35.1 Å². The summed E-state index contributed by atoms with van der Waals surface area (Å²) in [4.78, 5) is 0. The lowest BCUT2D eigenvalue weighted by Crippen LogP contribution is -2.56. The highest BCUT2D eigenvalue weighted by molar-refractivity contribution is 5.26. The van der Waals surface area contributed by atoms with Gasteiger partial charge in [0, 0.05) is 7.11 Å². The molecule has 0 saturated heterocycles. The summed E-state index contributed by atoms with van der Waals surface area (Å²) in [7, 11) is 1.86. The molecule has 0 aromatic rings. The number of allylic oxidation sites excluding steroid dienone is 2. The normalized spacial score (nSPS) is 44.0. The van der Waals surface area contributed by atoms with Crippen LogP contribution >= 0.6 is 0 Å². The Morgan fingerprint density at radius 2 is 1.94 bits per heavy atom. The van der Waals surface area contributed by atoms with Crippen LogP contribution in [0.25, 0.3) is 0 Å². The minimum absolute atomic E-state index is 0.113. The summed E-state index contributed by atoms with van der Waals surface area (Å²) in [6, 6.07) is 0. The van der Waals surface area contributed by atoms with E-state index in [1.807, 2.05) is 14.0 Å². The molecule has 0 aliphatic heterocycles. The van der Waals surface area contributed by atoms with Gasteiger partial charge in [-0.3, -0.25) is 0 Å². The van der Waals surface area contributed by atoms with E-state index in [0.29, 0.717) is 29.8 Å². The van der Waals surface area contributed by atoms with Gasteiger partial charge in [-0.1, -0.05) is 44.6 Å². The fourth-order valence-corrected chi connectivity index (χ4v) is 9.25. The summed E-state index contributed by atoms with van der Waals surface area (Å²) in [5.74, 6) is 2.56. The maximum Gasteiger partial charge on any atom is 0.0910 e. The molecule has 2 N–H and O–H groups in total. The molecular weight excluding hydrogens is 408 g/mol. The number of fused-ring (bicyclic) bond motifs is 5. The molecule has 10 atom stereocenters. The molecular formula is C30H50O3. The van der Waals surface area contributed by atoms with Gasteiger partial charge in [0.15, 0.2) is 0 Å². The number of aliphatic hydroxyl groups is 2. The van der Waals surface area contributed by atoms with Crippen LogP contribution < -0.4 is 0 Å². The third kappa shape index (κ3) is 4.08. The van der Waals surface area contributed by atoms with E-state index in [9.17, 15) is 10.2 Å². The zero-order valence-corrected chi connectivity index (χ0v) is 22.2. The van der Waals surface area contributed by atoms with E-state index in [2.05, 4.69) is 40.3 Å². The van der Waals surface area contributed by atoms with Gasteiger partial charge in [-0.25, -0.2) is 0 Å². The van der Waals surface area contributed by atoms with E-state index < -0.39 is 11.7 Å². The minimum atomic E-state index is -1.05. The van der Waals surface area contributed by atoms with Gasteiger partial charge in [-0.2, -0.15) is 0 Å². The first-order valence-electron chi connectivity index (χ1n) is 13.8.